The molecule has 3 aromatic carbocycles. The molecule has 0 saturated carbocycles. The fourth-order valence-electron chi connectivity index (χ4n) is 2.69. The Labute approximate surface area is 163 Å². The highest BCUT2D eigenvalue weighted by Crippen LogP contribution is 2.13. The number of carbonyl (C=O) groups excluding carboxylic acids is 2. The number of rotatable bonds is 6. The molecule has 0 unspecified atom stereocenters. The van der Waals surface area contributed by atoms with E-state index in [1.165, 1.54) is 12.2 Å². The molecule has 4 nitrogen and oxygen atoms in total. The Bertz CT molecular complexity index is 998. The van der Waals surface area contributed by atoms with Crippen LogP contribution >= 0.6 is 0 Å². The van der Waals surface area contributed by atoms with Gasteiger partial charge in [-0.2, -0.15) is 0 Å². The van der Waals surface area contributed by atoms with Gasteiger partial charge in [0.05, 0.1) is 0 Å². The van der Waals surface area contributed by atoms with E-state index in [1.807, 2.05) is 24.3 Å². The summed E-state index contributed by atoms with van der Waals surface area (Å²) in [6, 6.07) is 21.3. The Balaban J connectivity index is 1.71. The number of hydrogen-bond acceptors (Lipinski definition) is 4. The Kier molecular flexibility index (Phi) is 5.82. The minimum absolute atomic E-state index is 0.120. The maximum atomic E-state index is 12.2. The lowest BCUT2D eigenvalue weighted by Crippen LogP contribution is -1.96. The predicted molar refractivity (Wildman–Crippen MR) is 115 cm³/mol. The summed E-state index contributed by atoms with van der Waals surface area (Å²) in [6.07, 6.45) is 6.50. The van der Waals surface area contributed by atoms with Gasteiger partial charge >= 0.3 is 0 Å². The number of allylic oxidation sites excluding steroid dienone is 2. The maximum Gasteiger partial charge on any atom is 0.185 e. The molecular weight excluding hydrogens is 348 g/mol. The van der Waals surface area contributed by atoms with Crippen LogP contribution in [0.3, 0.4) is 0 Å². The molecule has 0 bridgehead atoms. The van der Waals surface area contributed by atoms with Crippen molar-refractivity contribution in [1.29, 1.82) is 0 Å². The lowest BCUT2D eigenvalue weighted by Gasteiger charge is -2.00. The van der Waals surface area contributed by atoms with Gasteiger partial charge in [-0.3, -0.25) is 9.59 Å². The molecule has 0 aliphatic heterocycles. The van der Waals surface area contributed by atoms with Gasteiger partial charge in [0.25, 0.3) is 0 Å². The van der Waals surface area contributed by atoms with Crippen molar-refractivity contribution in [3.63, 3.8) is 0 Å². The molecule has 0 fully saturated rings. The first-order chi connectivity index (χ1) is 13.5. The van der Waals surface area contributed by atoms with Crippen LogP contribution in [0, 0.1) is 0 Å². The van der Waals surface area contributed by atoms with Gasteiger partial charge < -0.3 is 11.5 Å². The van der Waals surface area contributed by atoms with Gasteiger partial charge in [-0.15, -0.1) is 0 Å². The largest absolute Gasteiger partial charge is 0.399 e. The second-order valence-electron chi connectivity index (χ2n) is 6.32. The summed E-state index contributed by atoms with van der Waals surface area (Å²) in [7, 11) is 0. The molecule has 0 amide bonds. The zero-order valence-corrected chi connectivity index (χ0v) is 15.2. The molecule has 0 radical (unpaired) electrons. The van der Waals surface area contributed by atoms with Crippen molar-refractivity contribution in [3.05, 3.63) is 107 Å². The van der Waals surface area contributed by atoms with Crippen LogP contribution in [-0.4, -0.2) is 11.6 Å². The van der Waals surface area contributed by atoms with E-state index in [0.29, 0.717) is 22.5 Å². The third-order valence-corrected chi connectivity index (χ3v) is 4.11. The third-order valence-electron chi connectivity index (χ3n) is 4.11. The van der Waals surface area contributed by atoms with Crippen LogP contribution in [0.1, 0.15) is 31.8 Å². The van der Waals surface area contributed by atoms with Crippen molar-refractivity contribution in [2.24, 2.45) is 0 Å². The highest BCUT2D eigenvalue weighted by Gasteiger charge is 2.03. The summed E-state index contributed by atoms with van der Waals surface area (Å²) in [4.78, 5) is 24.5. The number of nitrogens with two attached hydrogens (primary N) is 2. The lowest BCUT2D eigenvalue weighted by atomic mass is 10.1. The molecule has 138 valence electrons. The van der Waals surface area contributed by atoms with Crippen molar-refractivity contribution in [2.45, 2.75) is 0 Å². The molecular formula is C24H20N2O2. The minimum Gasteiger partial charge on any atom is -0.399 e. The van der Waals surface area contributed by atoms with E-state index in [9.17, 15) is 9.59 Å². The average Bonchev–Trinajstić information content (AvgIpc) is 2.70. The fraction of sp³-hybridized carbons (Fsp3) is 0. The third kappa shape index (κ3) is 5.05. The second-order valence-corrected chi connectivity index (χ2v) is 6.32. The number of anilines is 2. The van der Waals surface area contributed by atoms with Crippen LogP contribution in [0.15, 0.2) is 84.9 Å². The molecule has 0 aliphatic rings. The molecule has 0 atom stereocenters. The Morgan fingerprint density at radius 3 is 1.46 bits per heavy atom. The molecule has 4 heteroatoms. The second kappa shape index (κ2) is 8.64. The van der Waals surface area contributed by atoms with Crippen LogP contribution in [0.4, 0.5) is 11.4 Å². The van der Waals surface area contributed by atoms with E-state index in [1.54, 1.807) is 60.7 Å². The van der Waals surface area contributed by atoms with Crippen LogP contribution < -0.4 is 11.5 Å². The van der Waals surface area contributed by atoms with Crippen molar-refractivity contribution in [2.75, 3.05) is 11.5 Å². The molecule has 3 rings (SSSR count). The first-order valence-electron chi connectivity index (χ1n) is 8.77. The quantitative estimate of drug-likeness (QED) is 0.377. The number of nitrogen functional groups attached to an aromatic ring is 2. The van der Waals surface area contributed by atoms with Gasteiger partial charge in [0.1, 0.15) is 0 Å². The first-order valence-corrected chi connectivity index (χ1v) is 8.77. The SMILES string of the molecule is Nc1cccc(C(=O)/C=C/c2cccc(/C=C/C(=O)c3cccc(N)c3)c2)c1. The van der Waals surface area contributed by atoms with Crippen molar-refractivity contribution in [1.82, 2.24) is 0 Å². The van der Waals surface area contributed by atoms with Gasteiger partial charge in [-0.05, 0) is 53.6 Å². The molecule has 0 aliphatic carbocycles. The molecule has 28 heavy (non-hydrogen) atoms. The number of carbonyl (C=O) groups is 2. The minimum atomic E-state index is -0.120. The molecule has 3 aromatic rings. The van der Waals surface area contributed by atoms with Gasteiger partial charge in [0.2, 0.25) is 0 Å². The van der Waals surface area contributed by atoms with Gasteiger partial charge in [-0.25, -0.2) is 0 Å². The number of ketones is 2. The Hall–Kier alpha value is -3.92. The molecule has 4 N–H and O–H groups in total. The molecule has 0 aromatic heterocycles. The van der Waals surface area contributed by atoms with Crippen molar-refractivity contribution < 1.29 is 9.59 Å². The van der Waals surface area contributed by atoms with Crippen LogP contribution in [0.5, 0.6) is 0 Å². The molecule has 0 saturated heterocycles. The summed E-state index contributed by atoms with van der Waals surface area (Å²) in [5.41, 5.74) is 15.3. The summed E-state index contributed by atoms with van der Waals surface area (Å²) in [5.74, 6) is -0.241. The average molecular weight is 368 g/mol. The fourth-order valence-corrected chi connectivity index (χ4v) is 2.69. The summed E-state index contributed by atoms with van der Waals surface area (Å²) >= 11 is 0. The lowest BCUT2D eigenvalue weighted by molar-refractivity contribution is 0.104. The van der Waals surface area contributed by atoms with Crippen LogP contribution in [-0.2, 0) is 0 Å². The number of benzene rings is 3. The predicted octanol–water partition coefficient (Wildman–Crippen LogP) is 4.64. The standard InChI is InChI=1S/C24H20N2O2/c25-21-8-2-6-19(15-21)23(27)12-10-17-4-1-5-18(14-17)11-13-24(28)20-7-3-9-22(26)16-20/h1-16H,25-26H2/b12-10+,13-11+. The van der Waals surface area contributed by atoms with E-state index in [2.05, 4.69) is 0 Å². The van der Waals surface area contributed by atoms with Gasteiger partial charge in [0.15, 0.2) is 11.6 Å². The topological polar surface area (TPSA) is 86.2 Å². The molecule has 0 spiro atoms. The van der Waals surface area contributed by atoms with Crippen LogP contribution in [0.2, 0.25) is 0 Å². The smallest absolute Gasteiger partial charge is 0.185 e. The zero-order valence-electron chi connectivity index (χ0n) is 15.2. The number of hydrogen-bond donors (Lipinski definition) is 2. The summed E-state index contributed by atoms with van der Waals surface area (Å²) < 4.78 is 0. The Morgan fingerprint density at radius 2 is 1.04 bits per heavy atom. The van der Waals surface area contributed by atoms with E-state index < -0.39 is 0 Å². The summed E-state index contributed by atoms with van der Waals surface area (Å²) in [6.45, 7) is 0. The highest BCUT2D eigenvalue weighted by molar-refractivity contribution is 6.08. The summed E-state index contributed by atoms with van der Waals surface area (Å²) in [5, 5.41) is 0. The van der Waals surface area contributed by atoms with Gasteiger partial charge in [0, 0.05) is 22.5 Å². The van der Waals surface area contributed by atoms with Crippen molar-refractivity contribution in [3.8, 4) is 0 Å². The van der Waals surface area contributed by atoms with Crippen LogP contribution in [0.25, 0.3) is 12.2 Å². The van der Waals surface area contributed by atoms with Gasteiger partial charge in [-0.1, -0.05) is 54.6 Å². The monoisotopic (exact) mass is 368 g/mol. The van der Waals surface area contributed by atoms with E-state index in [-0.39, 0.29) is 11.6 Å². The van der Waals surface area contributed by atoms with E-state index >= 15 is 0 Å². The maximum absolute atomic E-state index is 12.2. The molecule has 0 heterocycles. The van der Waals surface area contributed by atoms with E-state index in [0.717, 1.165) is 11.1 Å². The Morgan fingerprint density at radius 1 is 0.607 bits per heavy atom. The highest BCUT2D eigenvalue weighted by atomic mass is 16.1. The zero-order chi connectivity index (χ0) is 19.9. The first kappa shape index (κ1) is 18.9. The normalized spacial score (nSPS) is 11.1. The van der Waals surface area contributed by atoms with Crippen molar-refractivity contribution >= 4 is 35.1 Å². The van der Waals surface area contributed by atoms with E-state index in [4.69, 9.17) is 11.5 Å².